The molecule has 1 aliphatic rings. The van der Waals surface area contributed by atoms with Gasteiger partial charge in [0.1, 0.15) is 6.29 Å². The predicted octanol–water partition coefficient (Wildman–Crippen LogP) is 4.21. The maximum absolute atomic E-state index is 10.9. The van der Waals surface area contributed by atoms with Crippen molar-refractivity contribution < 1.29 is 4.79 Å². The van der Waals surface area contributed by atoms with Crippen molar-refractivity contribution in [3.63, 3.8) is 0 Å². The second-order valence-corrected chi connectivity index (χ2v) is 5.45. The maximum atomic E-state index is 10.9. The van der Waals surface area contributed by atoms with E-state index in [1.54, 1.807) is 0 Å². The third-order valence-electron chi connectivity index (χ3n) is 3.09. The molecule has 0 saturated carbocycles. The zero-order valence-electron chi connectivity index (χ0n) is 10.8. The van der Waals surface area contributed by atoms with Gasteiger partial charge in [0.05, 0.1) is 0 Å². The van der Waals surface area contributed by atoms with Crippen molar-refractivity contribution in [2.45, 2.75) is 47.0 Å². The van der Waals surface area contributed by atoms with Crippen molar-refractivity contribution in [2.75, 3.05) is 0 Å². The summed E-state index contributed by atoms with van der Waals surface area (Å²) in [5.74, 6) is 0. The standard InChI is InChI=1S/C15H22O/c1-12(2)6-5-7-13-8-9-14(11-16)15(3,4)10-13/h6,8-9,11H,5,7,10H2,1-4H3. The average molecular weight is 218 g/mol. The summed E-state index contributed by atoms with van der Waals surface area (Å²) in [6, 6.07) is 0. The van der Waals surface area contributed by atoms with Crippen LogP contribution >= 0.6 is 0 Å². The van der Waals surface area contributed by atoms with Gasteiger partial charge in [-0.15, -0.1) is 0 Å². The lowest BCUT2D eigenvalue weighted by molar-refractivity contribution is -0.105. The van der Waals surface area contributed by atoms with Gasteiger partial charge >= 0.3 is 0 Å². The molecular formula is C15H22O. The molecule has 1 aliphatic carbocycles. The minimum absolute atomic E-state index is 0.0107. The molecule has 0 unspecified atom stereocenters. The van der Waals surface area contributed by atoms with Crippen molar-refractivity contribution in [1.29, 1.82) is 0 Å². The van der Waals surface area contributed by atoms with Crippen LogP contribution in [0.15, 0.2) is 34.9 Å². The first-order valence-electron chi connectivity index (χ1n) is 5.94. The van der Waals surface area contributed by atoms with Gasteiger partial charge in [0.2, 0.25) is 0 Å². The number of carbonyl (C=O) groups is 1. The van der Waals surface area contributed by atoms with Gasteiger partial charge in [-0.05, 0) is 44.1 Å². The molecule has 1 rings (SSSR count). The van der Waals surface area contributed by atoms with Crippen LogP contribution in [0, 0.1) is 5.41 Å². The Kier molecular flexibility index (Phi) is 4.28. The lowest BCUT2D eigenvalue weighted by atomic mass is 9.75. The Morgan fingerprint density at radius 1 is 1.38 bits per heavy atom. The highest BCUT2D eigenvalue weighted by Crippen LogP contribution is 2.37. The Labute approximate surface area is 98.9 Å². The Balaban J connectivity index is 2.65. The lowest BCUT2D eigenvalue weighted by Gasteiger charge is -2.29. The van der Waals surface area contributed by atoms with Crippen LogP contribution < -0.4 is 0 Å². The van der Waals surface area contributed by atoms with E-state index in [1.807, 2.05) is 6.08 Å². The molecule has 0 radical (unpaired) electrons. The summed E-state index contributed by atoms with van der Waals surface area (Å²) >= 11 is 0. The van der Waals surface area contributed by atoms with Crippen LogP contribution in [-0.2, 0) is 4.79 Å². The molecule has 0 aromatic carbocycles. The monoisotopic (exact) mass is 218 g/mol. The molecule has 1 heteroatoms. The smallest absolute Gasteiger partial charge is 0.146 e. The Morgan fingerprint density at radius 3 is 2.56 bits per heavy atom. The van der Waals surface area contributed by atoms with E-state index in [4.69, 9.17) is 0 Å². The van der Waals surface area contributed by atoms with Crippen molar-refractivity contribution in [2.24, 2.45) is 5.41 Å². The van der Waals surface area contributed by atoms with E-state index in [0.29, 0.717) is 0 Å². The normalized spacial score (nSPS) is 18.5. The number of rotatable bonds is 4. The van der Waals surface area contributed by atoms with E-state index in [0.717, 1.165) is 31.1 Å². The summed E-state index contributed by atoms with van der Waals surface area (Å²) in [7, 11) is 0. The molecule has 0 atom stereocenters. The van der Waals surface area contributed by atoms with E-state index in [1.165, 1.54) is 11.1 Å². The van der Waals surface area contributed by atoms with Gasteiger partial charge in [0.15, 0.2) is 0 Å². The number of hydrogen-bond donors (Lipinski definition) is 0. The minimum atomic E-state index is 0.0107. The van der Waals surface area contributed by atoms with Gasteiger partial charge in [0, 0.05) is 0 Å². The molecule has 88 valence electrons. The summed E-state index contributed by atoms with van der Waals surface area (Å²) in [5.41, 5.74) is 3.75. The number of aldehydes is 1. The minimum Gasteiger partial charge on any atom is -0.298 e. The molecule has 1 nitrogen and oxygen atoms in total. The molecule has 16 heavy (non-hydrogen) atoms. The highest BCUT2D eigenvalue weighted by Gasteiger charge is 2.26. The van der Waals surface area contributed by atoms with Gasteiger partial charge in [0.25, 0.3) is 0 Å². The van der Waals surface area contributed by atoms with Crippen LogP contribution in [0.25, 0.3) is 0 Å². The van der Waals surface area contributed by atoms with E-state index in [2.05, 4.69) is 39.8 Å². The van der Waals surface area contributed by atoms with Crippen LogP contribution in [0.2, 0.25) is 0 Å². The highest BCUT2D eigenvalue weighted by molar-refractivity contribution is 5.76. The summed E-state index contributed by atoms with van der Waals surface area (Å²) in [6.45, 7) is 8.54. The maximum Gasteiger partial charge on any atom is 0.146 e. The van der Waals surface area contributed by atoms with E-state index in [-0.39, 0.29) is 5.41 Å². The molecule has 0 aromatic rings. The molecule has 0 bridgehead atoms. The second kappa shape index (κ2) is 5.29. The molecule has 0 heterocycles. The fraction of sp³-hybridized carbons (Fsp3) is 0.533. The molecular weight excluding hydrogens is 196 g/mol. The molecule has 0 N–H and O–H groups in total. The SMILES string of the molecule is CC(C)=CCCC1=CC=C(C=O)C(C)(C)C1. The van der Waals surface area contributed by atoms with Gasteiger partial charge < -0.3 is 0 Å². The molecule has 0 amide bonds. The first-order valence-corrected chi connectivity index (χ1v) is 5.94. The van der Waals surface area contributed by atoms with Crippen LogP contribution in [0.5, 0.6) is 0 Å². The quantitative estimate of drug-likeness (QED) is 0.510. The molecule has 0 fully saturated rings. The van der Waals surface area contributed by atoms with Gasteiger partial charge in [-0.3, -0.25) is 4.79 Å². The van der Waals surface area contributed by atoms with Crippen molar-refractivity contribution >= 4 is 6.29 Å². The summed E-state index contributed by atoms with van der Waals surface area (Å²) in [6.07, 6.45) is 10.6. The topological polar surface area (TPSA) is 17.1 Å². The first-order chi connectivity index (χ1) is 7.45. The van der Waals surface area contributed by atoms with Crippen LogP contribution in [-0.4, -0.2) is 6.29 Å². The van der Waals surface area contributed by atoms with Crippen molar-refractivity contribution in [3.05, 3.63) is 34.9 Å². The number of allylic oxidation sites excluding steroid dienone is 6. The molecule has 0 saturated heterocycles. The van der Waals surface area contributed by atoms with E-state index >= 15 is 0 Å². The van der Waals surface area contributed by atoms with Gasteiger partial charge in [-0.25, -0.2) is 0 Å². The Hall–Kier alpha value is -1.11. The van der Waals surface area contributed by atoms with Crippen LogP contribution in [0.3, 0.4) is 0 Å². The van der Waals surface area contributed by atoms with Gasteiger partial charge in [-0.2, -0.15) is 0 Å². The Bertz CT molecular complexity index is 350. The second-order valence-electron chi connectivity index (χ2n) is 5.45. The first kappa shape index (κ1) is 13.0. The van der Waals surface area contributed by atoms with E-state index < -0.39 is 0 Å². The molecule has 0 spiro atoms. The third kappa shape index (κ3) is 3.48. The fourth-order valence-corrected chi connectivity index (χ4v) is 2.08. The number of hydrogen-bond acceptors (Lipinski definition) is 1. The summed E-state index contributed by atoms with van der Waals surface area (Å²) < 4.78 is 0. The van der Waals surface area contributed by atoms with Crippen LogP contribution in [0.4, 0.5) is 0 Å². The lowest BCUT2D eigenvalue weighted by Crippen LogP contribution is -2.19. The highest BCUT2D eigenvalue weighted by atomic mass is 16.1. The zero-order valence-corrected chi connectivity index (χ0v) is 10.8. The largest absolute Gasteiger partial charge is 0.298 e. The third-order valence-corrected chi connectivity index (χ3v) is 3.09. The molecule has 0 aliphatic heterocycles. The zero-order chi connectivity index (χ0) is 12.2. The number of carbonyl (C=O) groups excluding carboxylic acids is 1. The summed E-state index contributed by atoms with van der Waals surface area (Å²) in [4.78, 5) is 10.9. The van der Waals surface area contributed by atoms with E-state index in [9.17, 15) is 4.79 Å². The van der Waals surface area contributed by atoms with Crippen molar-refractivity contribution in [3.8, 4) is 0 Å². The fourth-order valence-electron chi connectivity index (χ4n) is 2.08. The molecule has 0 aromatic heterocycles. The summed E-state index contributed by atoms with van der Waals surface area (Å²) in [5, 5.41) is 0. The van der Waals surface area contributed by atoms with Crippen molar-refractivity contribution in [1.82, 2.24) is 0 Å². The predicted molar refractivity (Wildman–Crippen MR) is 69.3 cm³/mol. The Morgan fingerprint density at radius 2 is 2.06 bits per heavy atom. The van der Waals surface area contributed by atoms with Gasteiger partial charge in [-0.1, -0.05) is 43.2 Å². The average Bonchev–Trinajstić information content (AvgIpc) is 2.16. The van der Waals surface area contributed by atoms with Crippen LogP contribution in [0.1, 0.15) is 47.0 Å².